The Hall–Kier alpha value is -1.46. The van der Waals surface area contributed by atoms with Gasteiger partial charge in [0.25, 0.3) is 0 Å². The van der Waals surface area contributed by atoms with Crippen molar-refractivity contribution in [3.05, 3.63) is 28.8 Å². The molecule has 0 saturated carbocycles. The van der Waals surface area contributed by atoms with E-state index in [0.717, 1.165) is 30.6 Å². The Morgan fingerprint density at radius 2 is 1.88 bits per heavy atom. The van der Waals surface area contributed by atoms with Gasteiger partial charge < -0.3 is 10.4 Å². The van der Waals surface area contributed by atoms with Gasteiger partial charge in [0.05, 0.1) is 0 Å². The van der Waals surface area contributed by atoms with E-state index in [-0.39, 0.29) is 0 Å². The zero-order chi connectivity index (χ0) is 12.0. The molecule has 0 aliphatic rings. The number of aryl methyl sites for hydroxylation is 2. The monoisotopic (exact) mass is 217 g/mol. The maximum absolute atomic E-state index is 9.63. The van der Waals surface area contributed by atoms with Crippen LogP contribution in [0.15, 0.2) is 12.1 Å². The number of nitrogens with one attached hydrogen (secondary N) is 1. The molecule has 86 valence electrons. The van der Waals surface area contributed by atoms with Crippen LogP contribution in [0.2, 0.25) is 0 Å². The second-order valence-electron chi connectivity index (χ2n) is 3.93. The molecule has 0 fully saturated rings. The highest BCUT2D eigenvalue weighted by molar-refractivity contribution is 5.42. The van der Waals surface area contributed by atoms with Crippen LogP contribution in [0.3, 0.4) is 0 Å². The highest BCUT2D eigenvalue weighted by Gasteiger charge is 2.02. The average Bonchev–Trinajstić information content (AvgIpc) is 2.25. The van der Waals surface area contributed by atoms with E-state index in [4.69, 9.17) is 0 Å². The quantitative estimate of drug-likeness (QED) is 0.600. The first-order valence-corrected chi connectivity index (χ1v) is 5.54. The van der Waals surface area contributed by atoms with Gasteiger partial charge in [-0.2, -0.15) is 0 Å². The largest absolute Gasteiger partial charge is 0.507 e. The van der Waals surface area contributed by atoms with E-state index in [1.54, 1.807) is 0 Å². The molecule has 0 saturated heterocycles. The number of hydrogen-bond donors (Lipinski definition) is 2. The highest BCUT2D eigenvalue weighted by atomic mass is 16.3. The molecule has 0 spiro atoms. The van der Waals surface area contributed by atoms with Crippen LogP contribution in [0.5, 0.6) is 5.75 Å². The topological polar surface area (TPSA) is 32.3 Å². The maximum atomic E-state index is 9.63. The highest BCUT2D eigenvalue weighted by Crippen LogP contribution is 2.22. The van der Waals surface area contributed by atoms with E-state index in [9.17, 15) is 5.11 Å². The summed E-state index contributed by atoms with van der Waals surface area (Å²) in [7, 11) is 0. The molecule has 0 amide bonds. The lowest BCUT2D eigenvalue weighted by Gasteiger charge is -2.08. The zero-order valence-corrected chi connectivity index (χ0v) is 10.2. The van der Waals surface area contributed by atoms with Crippen molar-refractivity contribution >= 4 is 0 Å². The number of phenols is 1. The lowest BCUT2D eigenvalue weighted by Crippen LogP contribution is -2.14. The summed E-state index contributed by atoms with van der Waals surface area (Å²) in [5.41, 5.74) is 3.08. The van der Waals surface area contributed by atoms with Crippen molar-refractivity contribution in [3.63, 3.8) is 0 Å². The first-order chi connectivity index (χ1) is 7.65. The number of hydrogen-bond acceptors (Lipinski definition) is 2. The molecule has 0 heterocycles. The SMILES string of the molecule is CC#CCCNCc1cc(C)c(O)c(C)c1. The maximum Gasteiger partial charge on any atom is 0.121 e. The zero-order valence-electron chi connectivity index (χ0n) is 10.2. The molecule has 0 atom stereocenters. The van der Waals surface area contributed by atoms with Crippen LogP contribution in [0, 0.1) is 25.7 Å². The van der Waals surface area contributed by atoms with Crippen LogP contribution in [-0.2, 0) is 6.54 Å². The molecule has 1 aromatic carbocycles. The second-order valence-corrected chi connectivity index (χ2v) is 3.93. The van der Waals surface area contributed by atoms with Crippen LogP contribution in [0.1, 0.15) is 30.0 Å². The lowest BCUT2D eigenvalue weighted by molar-refractivity contribution is 0.466. The minimum atomic E-state index is 0.403. The van der Waals surface area contributed by atoms with Gasteiger partial charge in [0.1, 0.15) is 5.75 Å². The predicted molar refractivity (Wildman–Crippen MR) is 67.4 cm³/mol. The molecule has 2 nitrogen and oxygen atoms in total. The molecular formula is C14H19NO. The van der Waals surface area contributed by atoms with E-state index in [1.807, 2.05) is 32.9 Å². The fraction of sp³-hybridized carbons (Fsp3) is 0.429. The summed E-state index contributed by atoms with van der Waals surface area (Å²) in [5.74, 6) is 6.29. The Morgan fingerprint density at radius 3 is 2.44 bits per heavy atom. The standard InChI is InChI=1S/C14H19NO/c1-4-5-6-7-15-10-13-8-11(2)14(16)12(3)9-13/h8-9,15-16H,6-7,10H2,1-3H3. The number of aromatic hydroxyl groups is 1. The summed E-state index contributed by atoms with van der Waals surface area (Å²) >= 11 is 0. The molecule has 0 unspecified atom stereocenters. The van der Waals surface area contributed by atoms with E-state index >= 15 is 0 Å². The van der Waals surface area contributed by atoms with Crippen molar-refractivity contribution in [1.29, 1.82) is 0 Å². The van der Waals surface area contributed by atoms with Crippen molar-refractivity contribution in [2.45, 2.75) is 33.7 Å². The minimum Gasteiger partial charge on any atom is -0.507 e. The minimum absolute atomic E-state index is 0.403. The molecule has 1 rings (SSSR count). The third kappa shape index (κ3) is 3.60. The van der Waals surface area contributed by atoms with Crippen LogP contribution >= 0.6 is 0 Å². The van der Waals surface area contributed by atoms with Crippen molar-refractivity contribution in [2.75, 3.05) is 6.54 Å². The lowest BCUT2D eigenvalue weighted by atomic mass is 10.1. The first kappa shape index (κ1) is 12.6. The summed E-state index contributed by atoms with van der Waals surface area (Å²) in [4.78, 5) is 0. The number of benzene rings is 1. The van der Waals surface area contributed by atoms with Gasteiger partial charge in [-0.05, 0) is 37.5 Å². The van der Waals surface area contributed by atoms with Crippen LogP contribution in [0.25, 0.3) is 0 Å². The fourth-order valence-corrected chi connectivity index (χ4v) is 1.66. The third-order valence-electron chi connectivity index (χ3n) is 2.48. The summed E-state index contributed by atoms with van der Waals surface area (Å²) in [6, 6.07) is 4.03. The van der Waals surface area contributed by atoms with E-state index in [1.165, 1.54) is 5.56 Å². The van der Waals surface area contributed by atoms with E-state index in [0.29, 0.717) is 5.75 Å². The molecule has 2 heteroatoms. The van der Waals surface area contributed by atoms with Gasteiger partial charge in [-0.15, -0.1) is 11.8 Å². The predicted octanol–water partition coefficient (Wildman–Crippen LogP) is 2.51. The molecule has 0 bridgehead atoms. The van der Waals surface area contributed by atoms with Crippen LogP contribution in [-0.4, -0.2) is 11.7 Å². The second kappa shape index (κ2) is 6.19. The van der Waals surface area contributed by atoms with Gasteiger partial charge in [-0.1, -0.05) is 12.1 Å². The molecule has 16 heavy (non-hydrogen) atoms. The molecule has 1 aromatic rings. The van der Waals surface area contributed by atoms with Gasteiger partial charge >= 0.3 is 0 Å². The number of phenolic OH excluding ortho intramolecular Hbond substituents is 1. The smallest absolute Gasteiger partial charge is 0.121 e. The fourth-order valence-electron chi connectivity index (χ4n) is 1.66. The Kier molecular flexibility index (Phi) is 4.88. The van der Waals surface area contributed by atoms with Gasteiger partial charge in [0.15, 0.2) is 0 Å². The van der Waals surface area contributed by atoms with Crippen LogP contribution < -0.4 is 5.32 Å². The van der Waals surface area contributed by atoms with E-state index < -0.39 is 0 Å². The van der Waals surface area contributed by atoms with Gasteiger partial charge in [0.2, 0.25) is 0 Å². The van der Waals surface area contributed by atoms with Crippen molar-refractivity contribution < 1.29 is 5.11 Å². The van der Waals surface area contributed by atoms with Gasteiger partial charge in [0, 0.05) is 19.5 Å². The van der Waals surface area contributed by atoms with Crippen molar-refractivity contribution in [2.24, 2.45) is 0 Å². The summed E-state index contributed by atoms with van der Waals surface area (Å²) in [6.45, 7) is 7.43. The molecule has 0 aromatic heterocycles. The Labute approximate surface area is 97.7 Å². The average molecular weight is 217 g/mol. The van der Waals surface area contributed by atoms with Crippen molar-refractivity contribution in [3.8, 4) is 17.6 Å². The summed E-state index contributed by atoms with van der Waals surface area (Å²) in [6.07, 6.45) is 0.881. The molecule has 2 N–H and O–H groups in total. The third-order valence-corrected chi connectivity index (χ3v) is 2.48. The van der Waals surface area contributed by atoms with Gasteiger partial charge in [-0.25, -0.2) is 0 Å². The molecule has 0 aliphatic carbocycles. The summed E-state index contributed by atoms with van der Waals surface area (Å²) in [5, 5.41) is 13.0. The van der Waals surface area contributed by atoms with E-state index in [2.05, 4.69) is 17.2 Å². The Bertz CT molecular complexity index is 389. The van der Waals surface area contributed by atoms with Crippen LogP contribution in [0.4, 0.5) is 0 Å². The Morgan fingerprint density at radius 1 is 1.25 bits per heavy atom. The molecule has 0 aliphatic heterocycles. The Balaban J connectivity index is 2.50. The molecular weight excluding hydrogens is 198 g/mol. The normalized spacial score (nSPS) is 9.69. The van der Waals surface area contributed by atoms with Crippen molar-refractivity contribution in [1.82, 2.24) is 5.32 Å². The molecule has 0 radical (unpaired) electrons. The number of rotatable bonds is 4. The van der Waals surface area contributed by atoms with Gasteiger partial charge in [-0.3, -0.25) is 0 Å². The first-order valence-electron chi connectivity index (χ1n) is 5.54. The summed E-state index contributed by atoms with van der Waals surface area (Å²) < 4.78 is 0.